The maximum atomic E-state index is 12.2. The molecule has 0 aromatic rings. The predicted molar refractivity (Wildman–Crippen MR) is 70.3 cm³/mol. The molecule has 2 rings (SSSR count). The van der Waals surface area contributed by atoms with E-state index >= 15 is 0 Å². The number of halogens is 1. The van der Waals surface area contributed by atoms with Crippen molar-refractivity contribution in [1.29, 1.82) is 0 Å². The van der Waals surface area contributed by atoms with Gasteiger partial charge in [0.05, 0.1) is 0 Å². The van der Waals surface area contributed by atoms with Gasteiger partial charge in [-0.15, -0.1) is 0 Å². The topological polar surface area (TPSA) is 32.8 Å². The highest BCUT2D eigenvalue weighted by Crippen LogP contribution is 2.22. The maximum Gasteiger partial charge on any atom is 0.252 e. The van der Waals surface area contributed by atoms with Gasteiger partial charge >= 0.3 is 0 Å². The van der Waals surface area contributed by atoms with Crippen molar-refractivity contribution < 1.29 is 9.53 Å². The van der Waals surface area contributed by atoms with E-state index in [0.717, 1.165) is 51.1 Å². The van der Waals surface area contributed by atoms with Crippen LogP contribution >= 0.6 is 15.9 Å². The molecule has 1 amide bonds. The van der Waals surface area contributed by atoms with Crippen molar-refractivity contribution in [3.8, 4) is 0 Å². The molecule has 0 saturated carbocycles. The lowest BCUT2D eigenvalue weighted by Crippen LogP contribution is -2.52. The van der Waals surface area contributed by atoms with Crippen LogP contribution in [0.3, 0.4) is 0 Å². The lowest BCUT2D eigenvalue weighted by atomic mass is 10.0. The van der Waals surface area contributed by atoms with Crippen LogP contribution < -0.4 is 0 Å². The van der Waals surface area contributed by atoms with Gasteiger partial charge in [-0.25, -0.2) is 0 Å². The molecule has 2 unspecified atom stereocenters. The Kier molecular flexibility index (Phi) is 4.82. The Bertz CT molecular complexity index is 267. The van der Waals surface area contributed by atoms with Crippen molar-refractivity contribution in [2.24, 2.45) is 5.92 Å². The maximum absolute atomic E-state index is 12.2. The van der Waals surface area contributed by atoms with E-state index in [9.17, 15) is 4.79 Å². The summed E-state index contributed by atoms with van der Waals surface area (Å²) in [7, 11) is 0. The highest BCUT2D eigenvalue weighted by molar-refractivity contribution is 9.09. The summed E-state index contributed by atoms with van der Waals surface area (Å²) < 4.78 is 5.54. The summed E-state index contributed by atoms with van der Waals surface area (Å²) >= 11 is 3.45. The molecular weight excluding hydrogens is 284 g/mol. The molecule has 0 N–H and O–H groups in total. The molecule has 2 saturated heterocycles. The second kappa shape index (κ2) is 6.16. The van der Waals surface area contributed by atoms with Crippen molar-refractivity contribution in [2.45, 2.75) is 19.4 Å². The highest BCUT2D eigenvalue weighted by Gasteiger charge is 2.34. The third kappa shape index (κ3) is 3.20. The standard InChI is InChI=1S/C12H21BrN2O2/c1-10-2-9-17-11(10)12(16)15-7-5-14(4-3-13)6-8-15/h10-11H,2-9H2,1H3. The first-order valence-electron chi connectivity index (χ1n) is 6.41. The van der Waals surface area contributed by atoms with Gasteiger partial charge in [-0.05, 0) is 12.3 Å². The fourth-order valence-electron chi connectivity index (χ4n) is 2.50. The first-order chi connectivity index (χ1) is 8.22. The van der Waals surface area contributed by atoms with E-state index in [1.165, 1.54) is 0 Å². The Morgan fingerprint density at radius 2 is 2.06 bits per heavy atom. The molecule has 0 radical (unpaired) electrons. The van der Waals surface area contributed by atoms with Crippen molar-refractivity contribution in [3.63, 3.8) is 0 Å². The molecule has 2 heterocycles. The van der Waals surface area contributed by atoms with E-state index < -0.39 is 0 Å². The van der Waals surface area contributed by atoms with Gasteiger partial charge in [-0.3, -0.25) is 9.69 Å². The lowest BCUT2D eigenvalue weighted by Gasteiger charge is -2.35. The van der Waals surface area contributed by atoms with Crippen molar-refractivity contribution in [3.05, 3.63) is 0 Å². The number of carbonyl (C=O) groups is 1. The van der Waals surface area contributed by atoms with Crippen LogP contribution in [0.5, 0.6) is 0 Å². The van der Waals surface area contributed by atoms with E-state index in [1.807, 2.05) is 4.90 Å². The van der Waals surface area contributed by atoms with Crippen LogP contribution in [0.4, 0.5) is 0 Å². The van der Waals surface area contributed by atoms with Gasteiger partial charge in [-0.1, -0.05) is 22.9 Å². The van der Waals surface area contributed by atoms with Crippen LogP contribution in [-0.2, 0) is 9.53 Å². The number of hydrogen-bond donors (Lipinski definition) is 0. The number of nitrogens with zero attached hydrogens (tertiary/aromatic N) is 2. The minimum absolute atomic E-state index is 0.183. The SMILES string of the molecule is CC1CCOC1C(=O)N1CCN(CCBr)CC1. The van der Waals surface area contributed by atoms with Crippen molar-refractivity contribution >= 4 is 21.8 Å². The monoisotopic (exact) mass is 304 g/mol. The van der Waals surface area contributed by atoms with Gasteiger partial charge < -0.3 is 9.64 Å². The van der Waals surface area contributed by atoms with E-state index in [4.69, 9.17) is 4.74 Å². The fourth-order valence-corrected chi connectivity index (χ4v) is 3.00. The van der Waals surface area contributed by atoms with Crippen molar-refractivity contribution in [1.82, 2.24) is 9.80 Å². The number of ether oxygens (including phenoxy) is 1. The first-order valence-corrected chi connectivity index (χ1v) is 7.53. The average Bonchev–Trinajstić information content (AvgIpc) is 2.76. The normalized spacial score (nSPS) is 30.8. The summed E-state index contributed by atoms with van der Waals surface area (Å²) in [5.41, 5.74) is 0. The van der Waals surface area contributed by atoms with Crippen LogP contribution in [0.15, 0.2) is 0 Å². The zero-order valence-corrected chi connectivity index (χ0v) is 12.0. The van der Waals surface area contributed by atoms with E-state index in [0.29, 0.717) is 5.92 Å². The smallest absolute Gasteiger partial charge is 0.252 e. The molecule has 0 bridgehead atoms. The lowest BCUT2D eigenvalue weighted by molar-refractivity contribution is -0.144. The van der Waals surface area contributed by atoms with Crippen LogP contribution in [0.25, 0.3) is 0 Å². The second-order valence-electron chi connectivity index (χ2n) is 4.91. The van der Waals surface area contributed by atoms with Crippen LogP contribution in [0.1, 0.15) is 13.3 Å². The number of amides is 1. The molecule has 2 fully saturated rings. The van der Waals surface area contributed by atoms with Gasteiger partial charge in [0, 0.05) is 44.7 Å². The number of piperazine rings is 1. The Balaban J connectivity index is 1.82. The second-order valence-corrected chi connectivity index (χ2v) is 5.71. The average molecular weight is 305 g/mol. The summed E-state index contributed by atoms with van der Waals surface area (Å²) in [4.78, 5) is 16.6. The minimum atomic E-state index is -0.183. The third-order valence-electron chi connectivity index (χ3n) is 3.72. The molecule has 5 heteroatoms. The van der Waals surface area contributed by atoms with Gasteiger partial charge in [0.1, 0.15) is 6.10 Å². The number of hydrogen-bond acceptors (Lipinski definition) is 3. The molecule has 98 valence electrons. The molecule has 0 aromatic carbocycles. The molecule has 0 aromatic heterocycles. The number of rotatable bonds is 3. The van der Waals surface area contributed by atoms with Gasteiger partial charge in [0.2, 0.25) is 0 Å². The molecule has 0 aliphatic carbocycles. The highest BCUT2D eigenvalue weighted by atomic mass is 79.9. The van der Waals surface area contributed by atoms with Crippen LogP contribution in [-0.4, -0.2) is 66.5 Å². The predicted octanol–water partition coefficient (Wildman–Crippen LogP) is 0.951. The molecule has 2 atom stereocenters. The largest absolute Gasteiger partial charge is 0.368 e. The molecule has 2 aliphatic rings. The van der Waals surface area contributed by atoms with Crippen molar-refractivity contribution in [2.75, 3.05) is 44.7 Å². The molecule has 17 heavy (non-hydrogen) atoms. The summed E-state index contributed by atoms with van der Waals surface area (Å²) in [5, 5.41) is 1.00. The van der Waals surface area contributed by atoms with Crippen LogP contribution in [0.2, 0.25) is 0 Å². The van der Waals surface area contributed by atoms with E-state index in [-0.39, 0.29) is 12.0 Å². The summed E-state index contributed by atoms with van der Waals surface area (Å²) in [6, 6.07) is 0. The zero-order valence-electron chi connectivity index (χ0n) is 10.4. The quantitative estimate of drug-likeness (QED) is 0.728. The summed E-state index contributed by atoms with van der Waals surface area (Å²) in [5.74, 6) is 0.580. The number of alkyl halides is 1. The molecule has 0 spiro atoms. The summed E-state index contributed by atoms with van der Waals surface area (Å²) in [6.07, 6.45) is 0.831. The Hall–Kier alpha value is -0.130. The third-order valence-corrected chi connectivity index (χ3v) is 4.07. The van der Waals surface area contributed by atoms with E-state index in [1.54, 1.807) is 0 Å². The first kappa shape index (κ1) is 13.3. The molecular formula is C12H21BrN2O2. The van der Waals surface area contributed by atoms with E-state index in [2.05, 4.69) is 27.8 Å². The zero-order chi connectivity index (χ0) is 12.3. The fraction of sp³-hybridized carbons (Fsp3) is 0.917. The number of carbonyl (C=O) groups excluding carboxylic acids is 1. The molecule has 4 nitrogen and oxygen atoms in total. The Morgan fingerprint density at radius 3 is 2.59 bits per heavy atom. The van der Waals surface area contributed by atoms with Gasteiger partial charge in [0.15, 0.2) is 0 Å². The van der Waals surface area contributed by atoms with Gasteiger partial charge in [0.25, 0.3) is 5.91 Å². The Morgan fingerprint density at radius 1 is 1.35 bits per heavy atom. The minimum Gasteiger partial charge on any atom is -0.368 e. The van der Waals surface area contributed by atoms with Crippen LogP contribution in [0, 0.1) is 5.92 Å². The molecule has 2 aliphatic heterocycles. The Labute approximate surface area is 111 Å². The van der Waals surface area contributed by atoms with Gasteiger partial charge in [-0.2, -0.15) is 0 Å². The summed E-state index contributed by atoms with van der Waals surface area (Å²) in [6.45, 7) is 7.57.